The van der Waals surface area contributed by atoms with Crippen LogP contribution in [0, 0.1) is 0 Å². The normalized spacial score (nSPS) is 19.2. The molecule has 2 unspecified atom stereocenters. The number of benzene rings is 1. The Morgan fingerprint density at radius 2 is 1.94 bits per heavy atom. The lowest BCUT2D eigenvalue weighted by Gasteiger charge is -2.36. The number of guanidine groups is 1. The van der Waals surface area contributed by atoms with Crippen molar-refractivity contribution >= 4 is 11.8 Å². The van der Waals surface area contributed by atoms with Crippen LogP contribution < -0.4 is 15.0 Å². The number of aromatic nitrogens is 1. The molecule has 1 aromatic heterocycles. The predicted octanol–water partition coefficient (Wildman–Crippen LogP) is 3.17. The van der Waals surface area contributed by atoms with Crippen LogP contribution in [0.25, 0.3) is 0 Å². The molecule has 7 nitrogen and oxygen atoms in total. The van der Waals surface area contributed by atoms with E-state index in [0.29, 0.717) is 13.2 Å². The summed E-state index contributed by atoms with van der Waals surface area (Å²) in [7, 11) is 2.03. The molecule has 3 rings (SSSR count). The third-order valence-electron chi connectivity index (χ3n) is 5.10. The minimum Gasteiger partial charge on any atom is -0.492 e. The highest BCUT2D eigenvalue weighted by Crippen LogP contribution is 2.18. The van der Waals surface area contributed by atoms with Gasteiger partial charge in [-0.3, -0.25) is 0 Å². The van der Waals surface area contributed by atoms with E-state index in [4.69, 9.17) is 14.5 Å². The number of hydrogen-bond acceptors (Lipinski definition) is 5. The van der Waals surface area contributed by atoms with Crippen LogP contribution in [0.3, 0.4) is 0 Å². The van der Waals surface area contributed by atoms with E-state index in [9.17, 15) is 0 Å². The smallest absolute Gasteiger partial charge is 0.194 e. The first-order valence-corrected chi connectivity index (χ1v) is 11.1. The van der Waals surface area contributed by atoms with E-state index in [1.54, 1.807) is 0 Å². The van der Waals surface area contributed by atoms with E-state index < -0.39 is 0 Å². The Morgan fingerprint density at radius 1 is 1.19 bits per heavy atom. The van der Waals surface area contributed by atoms with Crippen LogP contribution in [-0.2, 0) is 11.3 Å². The lowest BCUT2D eigenvalue weighted by atomic mass is 10.2. The van der Waals surface area contributed by atoms with Gasteiger partial charge in [-0.1, -0.05) is 24.3 Å². The molecule has 1 saturated heterocycles. The molecule has 0 bridgehead atoms. The molecular formula is C24H35N5O2. The number of nitrogens with one attached hydrogen (secondary N) is 1. The molecule has 1 aliphatic rings. The van der Waals surface area contributed by atoms with Crippen LogP contribution in [-0.4, -0.2) is 67.9 Å². The number of morpholine rings is 1. The lowest BCUT2D eigenvalue weighted by Crippen LogP contribution is -2.45. The molecule has 2 aromatic rings. The van der Waals surface area contributed by atoms with Crippen molar-refractivity contribution in [1.82, 2.24) is 15.2 Å². The second-order valence-electron chi connectivity index (χ2n) is 7.94. The number of pyridine rings is 1. The molecule has 0 saturated carbocycles. The van der Waals surface area contributed by atoms with Gasteiger partial charge in [0.1, 0.15) is 18.2 Å². The molecule has 1 aromatic carbocycles. The van der Waals surface area contributed by atoms with E-state index in [1.807, 2.05) is 43.6 Å². The highest BCUT2D eigenvalue weighted by molar-refractivity contribution is 5.79. The molecule has 0 spiro atoms. The van der Waals surface area contributed by atoms with Crippen molar-refractivity contribution in [3.63, 3.8) is 0 Å². The Labute approximate surface area is 186 Å². The number of hydrogen-bond donors (Lipinski definition) is 1. The maximum atomic E-state index is 5.82. The molecule has 0 amide bonds. The minimum absolute atomic E-state index is 0.221. The second kappa shape index (κ2) is 11.6. The number of anilines is 1. The first kappa shape index (κ1) is 22.9. The summed E-state index contributed by atoms with van der Waals surface area (Å²) in [5.74, 6) is 2.74. The van der Waals surface area contributed by atoms with Crippen molar-refractivity contribution in [2.24, 2.45) is 4.99 Å². The maximum Gasteiger partial charge on any atom is 0.194 e. The lowest BCUT2D eigenvalue weighted by molar-refractivity contribution is -0.00545. The second-order valence-corrected chi connectivity index (χ2v) is 7.94. The van der Waals surface area contributed by atoms with Crippen molar-refractivity contribution in [1.29, 1.82) is 0 Å². The third kappa shape index (κ3) is 7.14. The summed E-state index contributed by atoms with van der Waals surface area (Å²) in [5, 5.41) is 3.35. The number of ether oxygens (including phenoxy) is 2. The molecule has 1 N–H and O–H groups in total. The van der Waals surface area contributed by atoms with Crippen LogP contribution >= 0.6 is 0 Å². The Bertz CT molecular complexity index is 802. The van der Waals surface area contributed by atoms with Crippen molar-refractivity contribution in [2.75, 3.05) is 44.7 Å². The van der Waals surface area contributed by atoms with Gasteiger partial charge in [-0.25, -0.2) is 9.98 Å². The van der Waals surface area contributed by atoms with E-state index in [0.717, 1.165) is 49.3 Å². The molecule has 168 valence electrons. The maximum absolute atomic E-state index is 5.82. The predicted molar refractivity (Wildman–Crippen MR) is 126 cm³/mol. The fraction of sp³-hybridized carbons (Fsp3) is 0.500. The molecule has 31 heavy (non-hydrogen) atoms. The monoisotopic (exact) mass is 425 g/mol. The fourth-order valence-electron chi connectivity index (χ4n) is 3.62. The van der Waals surface area contributed by atoms with Crippen LogP contribution in [0.1, 0.15) is 26.3 Å². The number of likely N-dealkylation sites (N-methyl/N-ethyl adjacent to an activating group) is 1. The standard InChI is InChI=1S/C24H35N5O2/c1-5-25-24(28(4)13-14-30-22-9-7-6-8-10-22)27-16-21-11-12-23(26-15-21)29-17-19(2)31-20(3)18-29/h6-12,15,19-20H,5,13-14,16-18H2,1-4H3,(H,25,27). The van der Waals surface area contributed by atoms with Crippen LogP contribution in [0.5, 0.6) is 5.75 Å². The number of para-hydroxylation sites is 1. The van der Waals surface area contributed by atoms with E-state index in [1.165, 1.54) is 0 Å². The van der Waals surface area contributed by atoms with Gasteiger partial charge in [0.2, 0.25) is 0 Å². The van der Waals surface area contributed by atoms with Gasteiger partial charge >= 0.3 is 0 Å². The average Bonchev–Trinajstić information content (AvgIpc) is 2.77. The zero-order chi connectivity index (χ0) is 22.1. The molecule has 1 aliphatic heterocycles. The SMILES string of the molecule is CCNC(=NCc1ccc(N2CC(C)OC(C)C2)nc1)N(C)CCOc1ccccc1. The highest BCUT2D eigenvalue weighted by atomic mass is 16.5. The average molecular weight is 426 g/mol. The first-order valence-electron chi connectivity index (χ1n) is 11.1. The number of rotatable bonds is 8. The van der Waals surface area contributed by atoms with Crippen LogP contribution in [0.15, 0.2) is 53.7 Å². The third-order valence-corrected chi connectivity index (χ3v) is 5.10. The Morgan fingerprint density at radius 3 is 2.58 bits per heavy atom. The topological polar surface area (TPSA) is 62.2 Å². The van der Waals surface area contributed by atoms with Gasteiger partial charge in [-0.15, -0.1) is 0 Å². The van der Waals surface area contributed by atoms with E-state index in [2.05, 4.69) is 53.0 Å². The van der Waals surface area contributed by atoms with E-state index in [-0.39, 0.29) is 12.2 Å². The van der Waals surface area contributed by atoms with Gasteiger partial charge in [0.05, 0.1) is 25.3 Å². The summed E-state index contributed by atoms with van der Waals surface area (Å²) in [5.41, 5.74) is 1.09. The summed E-state index contributed by atoms with van der Waals surface area (Å²) in [6.07, 6.45) is 2.36. The Kier molecular flexibility index (Phi) is 8.53. The Balaban J connectivity index is 1.54. The quantitative estimate of drug-likeness (QED) is 0.518. The molecule has 2 heterocycles. The fourth-order valence-corrected chi connectivity index (χ4v) is 3.62. The molecule has 0 radical (unpaired) electrons. The molecule has 2 atom stereocenters. The molecular weight excluding hydrogens is 390 g/mol. The summed E-state index contributed by atoms with van der Waals surface area (Å²) in [4.78, 5) is 13.8. The summed E-state index contributed by atoms with van der Waals surface area (Å²) in [6.45, 7) is 10.8. The molecule has 7 heteroatoms. The van der Waals surface area contributed by atoms with Crippen molar-refractivity contribution in [2.45, 2.75) is 39.5 Å². The summed E-state index contributed by atoms with van der Waals surface area (Å²) >= 11 is 0. The van der Waals surface area contributed by atoms with Crippen molar-refractivity contribution in [3.05, 3.63) is 54.2 Å². The molecule has 0 aliphatic carbocycles. The van der Waals surface area contributed by atoms with Gasteiger partial charge in [0, 0.05) is 32.9 Å². The van der Waals surface area contributed by atoms with Gasteiger partial charge in [0.25, 0.3) is 0 Å². The van der Waals surface area contributed by atoms with Crippen LogP contribution in [0.4, 0.5) is 5.82 Å². The van der Waals surface area contributed by atoms with Crippen LogP contribution in [0.2, 0.25) is 0 Å². The number of nitrogens with zero attached hydrogens (tertiary/aromatic N) is 4. The minimum atomic E-state index is 0.221. The Hall–Kier alpha value is -2.80. The zero-order valence-corrected chi connectivity index (χ0v) is 19.1. The molecule has 1 fully saturated rings. The first-order chi connectivity index (χ1) is 15.0. The summed E-state index contributed by atoms with van der Waals surface area (Å²) in [6, 6.07) is 14.1. The highest BCUT2D eigenvalue weighted by Gasteiger charge is 2.22. The van der Waals surface area contributed by atoms with Gasteiger partial charge in [-0.2, -0.15) is 0 Å². The van der Waals surface area contributed by atoms with Gasteiger partial charge in [-0.05, 0) is 44.5 Å². The number of aliphatic imine (C=N–C) groups is 1. The van der Waals surface area contributed by atoms with Gasteiger partial charge in [0.15, 0.2) is 5.96 Å². The van der Waals surface area contributed by atoms with Crippen molar-refractivity contribution in [3.8, 4) is 5.75 Å². The zero-order valence-electron chi connectivity index (χ0n) is 19.1. The van der Waals surface area contributed by atoms with Crippen molar-refractivity contribution < 1.29 is 9.47 Å². The largest absolute Gasteiger partial charge is 0.492 e. The summed E-state index contributed by atoms with van der Waals surface area (Å²) < 4.78 is 11.6. The van der Waals surface area contributed by atoms with Gasteiger partial charge < -0.3 is 24.6 Å². The van der Waals surface area contributed by atoms with E-state index >= 15 is 0 Å².